The van der Waals surface area contributed by atoms with Crippen LogP contribution in [0.3, 0.4) is 0 Å². The number of benzene rings is 1. The summed E-state index contributed by atoms with van der Waals surface area (Å²) in [7, 11) is 1.74. The van der Waals surface area contributed by atoms with Crippen molar-refractivity contribution in [3.63, 3.8) is 0 Å². The van der Waals surface area contributed by atoms with Gasteiger partial charge in [0, 0.05) is 19.6 Å². The first-order chi connectivity index (χ1) is 8.11. The molecule has 3 nitrogen and oxygen atoms in total. The van der Waals surface area contributed by atoms with E-state index in [0.29, 0.717) is 6.04 Å². The summed E-state index contributed by atoms with van der Waals surface area (Å²) in [6.45, 7) is 4.84. The molecule has 4 heteroatoms. The maximum absolute atomic E-state index is 12.9. The first-order valence-electron chi connectivity index (χ1n) is 5.83. The molecule has 0 radical (unpaired) electrons. The molecule has 0 saturated carbocycles. The highest BCUT2D eigenvalue weighted by Gasteiger charge is 2.00. The van der Waals surface area contributed by atoms with Crippen LogP contribution in [0.15, 0.2) is 29.3 Å². The maximum Gasteiger partial charge on any atom is 0.191 e. The largest absolute Gasteiger partial charge is 0.356 e. The Balaban J connectivity index is 2.36. The van der Waals surface area contributed by atoms with E-state index in [1.807, 2.05) is 6.07 Å². The minimum absolute atomic E-state index is 0.188. The SMILES string of the molecule is CN=C(NCCc1cccc(F)c1)NC(C)C. The van der Waals surface area contributed by atoms with Gasteiger partial charge in [-0.15, -0.1) is 0 Å². The van der Waals surface area contributed by atoms with Crippen LogP contribution in [0.2, 0.25) is 0 Å². The molecular formula is C13H20FN3. The number of rotatable bonds is 4. The third kappa shape index (κ3) is 5.33. The predicted octanol–water partition coefficient (Wildman–Crippen LogP) is 1.94. The molecule has 0 atom stereocenters. The number of halogens is 1. The molecule has 0 spiro atoms. The zero-order chi connectivity index (χ0) is 12.7. The zero-order valence-corrected chi connectivity index (χ0v) is 10.6. The van der Waals surface area contributed by atoms with Gasteiger partial charge in [0.25, 0.3) is 0 Å². The number of hydrogen-bond donors (Lipinski definition) is 2. The van der Waals surface area contributed by atoms with Gasteiger partial charge in [0.05, 0.1) is 0 Å². The van der Waals surface area contributed by atoms with Gasteiger partial charge in [-0.2, -0.15) is 0 Å². The van der Waals surface area contributed by atoms with Crippen LogP contribution >= 0.6 is 0 Å². The third-order valence-electron chi connectivity index (χ3n) is 2.24. The number of guanidine groups is 1. The van der Waals surface area contributed by atoms with Gasteiger partial charge < -0.3 is 10.6 Å². The monoisotopic (exact) mass is 237 g/mol. The van der Waals surface area contributed by atoms with Crippen molar-refractivity contribution in [1.82, 2.24) is 10.6 Å². The van der Waals surface area contributed by atoms with Crippen molar-refractivity contribution in [2.75, 3.05) is 13.6 Å². The molecule has 0 aromatic heterocycles. The van der Waals surface area contributed by atoms with Gasteiger partial charge in [0.1, 0.15) is 5.82 Å². The highest BCUT2D eigenvalue weighted by molar-refractivity contribution is 5.79. The molecule has 0 bridgehead atoms. The fourth-order valence-electron chi connectivity index (χ4n) is 1.49. The summed E-state index contributed by atoms with van der Waals surface area (Å²) in [5.41, 5.74) is 0.984. The van der Waals surface area contributed by atoms with E-state index in [4.69, 9.17) is 0 Å². The van der Waals surface area contributed by atoms with Crippen molar-refractivity contribution >= 4 is 5.96 Å². The minimum Gasteiger partial charge on any atom is -0.356 e. The first-order valence-corrected chi connectivity index (χ1v) is 5.83. The lowest BCUT2D eigenvalue weighted by Gasteiger charge is -2.14. The van der Waals surface area contributed by atoms with Crippen LogP contribution in [0, 0.1) is 5.82 Å². The molecule has 0 amide bonds. The topological polar surface area (TPSA) is 36.4 Å². The van der Waals surface area contributed by atoms with Gasteiger partial charge >= 0.3 is 0 Å². The minimum atomic E-state index is -0.188. The Bertz CT molecular complexity index is 375. The van der Waals surface area contributed by atoms with Crippen molar-refractivity contribution in [3.8, 4) is 0 Å². The number of hydrogen-bond acceptors (Lipinski definition) is 1. The van der Waals surface area contributed by atoms with Crippen LogP contribution in [-0.4, -0.2) is 25.6 Å². The van der Waals surface area contributed by atoms with E-state index in [0.717, 1.165) is 24.5 Å². The molecule has 0 unspecified atom stereocenters. The molecule has 17 heavy (non-hydrogen) atoms. The van der Waals surface area contributed by atoms with E-state index in [9.17, 15) is 4.39 Å². The van der Waals surface area contributed by atoms with Crippen LogP contribution in [0.4, 0.5) is 4.39 Å². The molecule has 0 aliphatic carbocycles. The Hall–Kier alpha value is -1.58. The third-order valence-corrected chi connectivity index (χ3v) is 2.24. The molecular weight excluding hydrogens is 217 g/mol. The van der Waals surface area contributed by atoms with Crippen LogP contribution in [0.1, 0.15) is 19.4 Å². The van der Waals surface area contributed by atoms with E-state index >= 15 is 0 Å². The van der Waals surface area contributed by atoms with Crippen molar-refractivity contribution in [3.05, 3.63) is 35.6 Å². The van der Waals surface area contributed by atoms with E-state index in [1.165, 1.54) is 6.07 Å². The van der Waals surface area contributed by atoms with Gasteiger partial charge in [-0.3, -0.25) is 4.99 Å². The summed E-state index contributed by atoms with van der Waals surface area (Å²) in [5, 5.41) is 6.38. The van der Waals surface area contributed by atoms with Crippen LogP contribution < -0.4 is 10.6 Å². The normalized spacial score (nSPS) is 11.7. The van der Waals surface area contributed by atoms with Crippen molar-refractivity contribution in [1.29, 1.82) is 0 Å². The van der Waals surface area contributed by atoms with Crippen molar-refractivity contribution in [2.45, 2.75) is 26.3 Å². The lowest BCUT2D eigenvalue weighted by molar-refractivity contribution is 0.624. The molecule has 1 aromatic carbocycles. The second-order valence-corrected chi connectivity index (χ2v) is 4.18. The molecule has 0 aliphatic heterocycles. The number of nitrogens with one attached hydrogen (secondary N) is 2. The molecule has 0 heterocycles. The Morgan fingerprint density at radius 2 is 2.18 bits per heavy atom. The van der Waals surface area contributed by atoms with E-state index in [-0.39, 0.29) is 5.82 Å². The molecule has 1 rings (SSSR count). The molecule has 2 N–H and O–H groups in total. The predicted molar refractivity (Wildman–Crippen MR) is 69.7 cm³/mol. The zero-order valence-electron chi connectivity index (χ0n) is 10.6. The summed E-state index contributed by atoms with van der Waals surface area (Å²) in [4.78, 5) is 4.10. The summed E-state index contributed by atoms with van der Waals surface area (Å²) in [6.07, 6.45) is 0.774. The quantitative estimate of drug-likeness (QED) is 0.620. The standard InChI is InChI=1S/C13H20FN3/c1-10(2)17-13(15-3)16-8-7-11-5-4-6-12(14)9-11/h4-6,9-10H,7-8H2,1-3H3,(H2,15,16,17). The van der Waals surface area contributed by atoms with E-state index in [2.05, 4.69) is 29.5 Å². The lowest BCUT2D eigenvalue weighted by Crippen LogP contribution is -2.41. The lowest BCUT2D eigenvalue weighted by atomic mass is 10.1. The van der Waals surface area contributed by atoms with Gasteiger partial charge in [0.2, 0.25) is 0 Å². The smallest absolute Gasteiger partial charge is 0.191 e. The molecule has 94 valence electrons. The molecule has 1 aromatic rings. The van der Waals surface area contributed by atoms with Gasteiger partial charge in [-0.25, -0.2) is 4.39 Å². The highest BCUT2D eigenvalue weighted by atomic mass is 19.1. The first kappa shape index (κ1) is 13.5. The number of aliphatic imine (C=N–C) groups is 1. The van der Waals surface area contributed by atoms with E-state index in [1.54, 1.807) is 19.2 Å². The highest BCUT2D eigenvalue weighted by Crippen LogP contribution is 2.03. The Kier molecular flexibility index (Phi) is 5.46. The molecule has 0 saturated heterocycles. The van der Waals surface area contributed by atoms with Crippen molar-refractivity contribution < 1.29 is 4.39 Å². The fraction of sp³-hybridized carbons (Fsp3) is 0.462. The van der Waals surface area contributed by atoms with Crippen molar-refractivity contribution in [2.24, 2.45) is 4.99 Å². The Labute approximate surface area is 102 Å². The maximum atomic E-state index is 12.9. The second kappa shape index (κ2) is 6.89. The Morgan fingerprint density at radius 3 is 2.76 bits per heavy atom. The van der Waals surface area contributed by atoms with Gasteiger partial charge in [-0.1, -0.05) is 12.1 Å². The van der Waals surface area contributed by atoms with Crippen LogP contribution in [0.5, 0.6) is 0 Å². The second-order valence-electron chi connectivity index (χ2n) is 4.18. The van der Waals surface area contributed by atoms with E-state index < -0.39 is 0 Å². The average Bonchev–Trinajstić information content (AvgIpc) is 2.27. The van der Waals surface area contributed by atoms with Crippen LogP contribution in [-0.2, 0) is 6.42 Å². The summed E-state index contributed by atoms with van der Waals surface area (Å²) >= 11 is 0. The Morgan fingerprint density at radius 1 is 1.41 bits per heavy atom. The average molecular weight is 237 g/mol. The molecule has 0 fully saturated rings. The summed E-state index contributed by atoms with van der Waals surface area (Å²) in [6, 6.07) is 7.00. The number of nitrogens with zero attached hydrogens (tertiary/aromatic N) is 1. The summed E-state index contributed by atoms with van der Waals surface area (Å²) in [5.74, 6) is 0.587. The van der Waals surface area contributed by atoms with Gasteiger partial charge in [-0.05, 0) is 38.0 Å². The van der Waals surface area contributed by atoms with Gasteiger partial charge in [0.15, 0.2) is 5.96 Å². The molecule has 0 aliphatic rings. The fourth-order valence-corrected chi connectivity index (χ4v) is 1.49. The summed E-state index contributed by atoms with van der Waals surface area (Å²) < 4.78 is 12.9. The van der Waals surface area contributed by atoms with Crippen LogP contribution in [0.25, 0.3) is 0 Å².